The van der Waals surface area contributed by atoms with Gasteiger partial charge in [0, 0.05) is 19.1 Å². The molecule has 4 nitrogen and oxygen atoms in total. The second-order valence-corrected chi connectivity index (χ2v) is 5.09. The Balaban J connectivity index is 2.27. The largest absolute Gasteiger partial charge is 0.350 e. The molecular formula is C14H23FN4. The Kier molecular flexibility index (Phi) is 5.07. The SMILES string of the molecule is CCc1ncnc(N(CCN)C2CCCCC2)c1F. The Morgan fingerprint density at radius 2 is 2.05 bits per heavy atom. The van der Waals surface area contributed by atoms with Crippen LogP contribution in [0.15, 0.2) is 6.33 Å². The molecular weight excluding hydrogens is 243 g/mol. The minimum atomic E-state index is -0.274. The maximum atomic E-state index is 14.4. The van der Waals surface area contributed by atoms with Crippen molar-refractivity contribution in [1.29, 1.82) is 0 Å². The quantitative estimate of drug-likeness (QED) is 0.888. The summed E-state index contributed by atoms with van der Waals surface area (Å²) in [6, 6.07) is 0.367. The van der Waals surface area contributed by atoms with Gasteiger partial charge in [0.1, 0.15) is 6.33 Å². The molecule has 0 saturated heterocycles. The Bertz CT molecular complexity index is 404. The zero-order valence-corrected chi connectivity index (χ0v) is 11.6. The number of aromatic nitrogens is 2. The van der Waals surface area contributed by atoms with E-state index in [1.807, 2.05) is 6.92 Å². The number of anilines is 1. The van der Waals surface area contributed by atoms with E-state index in [0.29, 0.717) is 37.1 Å². The van der Waals surface area contributed by atoms with E-state index in [1.165, 1.54) is 25.6 Å². The highest BCUT2D eigenvalue weighted by atomic mass is 19.1. The van der Waals surface area contributed by atoms with Crippen molar-refractivity contribution < 1.29 is 4.39 Å². The van der Waals surface area contributed by atoms with Crippen molar-refractivity contribution in [2.24, 2.45) is 5.73 Å². The molecule has 19 heavy (non-hydrogen) atoms. The van der Waals surface area contributed by atoms with Crippen LogP contribution < -0.4 is 10.6 Å². The summed E-state index contributed by atoms with van der Waals surface area (Å²) in [6.07, 6.45) is 7.94. The van der Waals surface area contributed by atoms with E-state index >= 15 is 0 Å². The number of nitrogens with zero attached hydrogens (tertiary/aromatic N) is 3. The Labute approximate surface area is 114 Å². The van der Waals surface area contributed by atoms with Gasteiger partial charge < -0.3 is 10.6 Å². The number of hydrogen-bond donors (Lipinski definition) is 1. The summed E-state index contributed by atoms with van der Waals surface area (Å²) in [4.78, 5) is 10.2. The van der Waals surface area contributed by atoms with E-state index in [4.69, 9.17) is 5.73 Å². The van der Waals surface area contributed by atoms with Crippen LogP contribution >= 0.6 is 0 Å². The third-order valence-electron chi connectivity index (χ3n) is 3.84. The molecule has 0 amide bonds. The Hall–Kier alpha value is -1.23. The van der Waals surface area contributed by atoms with Gasteiger partial charge >= 0.3 is 0 Å². The summed E-state index contributed by atoms with van der Waals surface area (Å²) in [5.74, 6) is 0.160. The van der Waals surface area contributed by atoms with Gasteiger partial charge in [0.15, 0.2) is 11.6 Å². The first-order valence-corrected chi connectivity index (χ1v) is 7.24. The number of aryl methyl sites for hydroxylation is 1. The number of rotatable bonds is 5. The standard InChI is InChI=1S/C14H23FN4/c1-2-12-13(15)14(18-10-17-12)19(9-8-16)11-6-4-3-5-7-11/h10-11H,2-9,16H2,1H3. The summed E-state index contributed by atoms with van der Waals surface area (Å²) in [6.45, 7) is 3.08. The van der Waals surface area contributed by atoms with Gasteiger partial charge in [-0.2, -0.15) is 0 Å². The van der Waals surface area contributed by atoms with Gasteiger partial charge in [-0.15, -0.1) is 0 Å². The van der Waals surface area contributed by atoms with Crippen LogP contribution in [-0.2, 0) is 6.42 Å². The second kappa shape index (κ2) is 6.80. The van der Waals surface area contributed by atoms with Crippen LogP contribution in [0.5, 0.6) is 0 Å². The van der Waals surface area contributed by atoms with Gasteiger partial charge in [0.25, 0.3) is 0 Å². The second-order valence-electron chi connectivity index (χ2n) is 5.09. The fourth-order valence-electron chi connectivity index (χ4n) is 2.84. The van der Waals surface area contributed by atoms with Crippen LogP contribution in [0.4, 0.5) is 10.2 Å². The summed E-state index contributed by atoms with van der Waals surface area (Å²) < 4.78 is 14.4. The zero-order chi connectivity index (χ0) is 13.7. The first-order valence-electron chi connectivity index (χ1n) is 7.24. The molecule has 1 aliphatic carbocycles. The molecule has 2 N–H and O–H groups in total. The van der Waals surface area contributed by atoms with Crippen molar-refractivity contribution in [3.8, 4) is 0 Å². The molecule has 0 radical (unpaired) electrons. The molecule has 1 aromatic heterocycles. The fraction of sp³-hybridized carbons (Fsp3) is 0.714. The molecule has 5 heteroatoms. The van der Waals surface area contributed by atoms with Gasteiger partial charge in [0.2, 0.25) is 0 Å². The van der Waals surface area contributed by atoms with E-state index in [1.54, 1.807) is 0 Å². The lowest BCUT2D eigenvalue weighted by Gasteiger charge is -2.35. The van der Waals surface area contributed by atoms with E-state index < -0.39 is 0 Å². The summed E-state index contributed by atoms with van der Waals surface area (Å²) in [7, 11) is 0. The highest BCUT2D eigenvalue weighted by Crippen LogP contribution is 2.28. The number of hydrogen-bond acceptors (Lipinski definition) is 4. The maximum absolute atomic E-state index is 14.4. The van der Waals surface area contributed by atoms with E-state index in [0.717, 1.165) is 12.8 Å². The zero-order valence-electron chi connectivity index (χ0n) is 11.6. The molecule has 2 rings (SSSR count). The van der Waals surface area contributed by atoms with Crippen LogP contribution in [0.3, 0.4) is 0 Å². The molecule has 1 aliphatic rings. The van der Waals surface area contributed by atoms with Gasteiger partial charge in [-0.05, 0) is 19.3 Å². The summed E-state index contributed by atoms with van der Waals surface area (Å²) in [5, 5.41) is 0. The summed E-state index contributed by atoms with van der Waals surface area (Å²) in [5.41, 5.74) is 6.18. The normalized spacial score (nSPS) is 16.6. The highest BCUT2D eigenvalue weighted by molar-refractivity contribution is 5.42. The molecule has 1 saturated carbocycles. The average molecular weight is 266 g/mol. The third kappa shape index (κ3) is 3.21. The van der Waals surface area contributed by atoms with Crippen molar-refractivity contribution in [1.82, 2.24) is 9.97 Å². The van der Waals surface area contributed by atoms with Gasteiger partial charge in [-0.25, -0.2) is 14.4 Å². The van der Waals surface area contributed by atoms with E-state index in [-0.39, 0.29) is 5.82 Å². The van der Waals surface area contributed by atoms with E-state index in [2.05, 4.69) is 14.9 Å². The first-order chi connectivity index (χ1) is 9.27. The van der Waals surface area contributed by atoms with Crippen molar-refractivity contribution >= 4 is 5.82 Å². The topological polar surface area (TPSA) is 55.0 Å². The predicted molar refractivity (Wildman–Crippen MR) is 74.6 cm³/mol. The number of halogens is 1. The molecule has 0 aliphatic heterocycles. The molecule has 0 atom stereocenters. The van der Waals surface area contributed by atoms with Crippen molar-refractivity contribution in [2.45, 2.75) is 51.5 Å². The van der Waals surface area contributed by atoms with Crippen molar-refractivity contribution in [2.75, 3.05) is 18.0 Å². The van der Waals surface area contributed by atoms with Gasteiger partial charge in [-0.3, -0.25) is 0 Å². The molecule has 0 spiro atoms. The first kappa shape index (κ1) is 14.2. The lowest BCUT2D eigenvalue weighted by Crippen LogP contribution is -2.41. The minimum absolute atomic E-state index is 0.274. The van der Waals surface area contributed by atoms with Crippen molar-refractivity contribution in [3.05, 3.63) is 17.8 Å². The maximum Gasteiger partial charge on any atom is 0.187 e. The smallest absolute Gasteiger partial charge is 0.187 e. The van der Waals surface area contributed by atoms with Crippen LogP contribution in [0, 0.1) is 5.82 Å². The molecule has 0 unspecified atom stereocenters. The predicted octanol–water partition coefficient (Wildman–Crippen LogP) is 2.28. The van der Waals surface area contributed by atoms with Gasteiger partial charge in [-0.1, -0.05) is 26.2 Å². The lowest BCUT2D eigenvalue weighted by atomic mass is 9.94. The van der Waals surface area contributed by atoms with Gasteiger partial charge in [0.05, 0.1) is 5.69 Å². The Morgan fingerprint density at radius 3 is 2.68 bits per heavy atom. The fourth-order valence-corrected chi connectivity index (χ4v) is 2.84. The molecule has 1 aromatic rings. The lowest BCUT2D eigenvalue weighted by molar-refractivity contribution is 0.409. The van der Waals surface area contributed by atoms with E-state index in [9.17, 15) is 4.39 Å². The molecule has 1 fully saturated rings. The highest BCUT2D eigenvalue weighted by Gasteiger charge is 2.25. The van der Waals surface area contributed by atoms with Crippen LogP contribution in [0.2, 0.25) is 0 Å². The Morgan fingerprint density at radius 1 is 1.32 bits per heavy atom. The third-order valence-corrected chi connectivity index (χ3v) is 3.84. The molecule has 0 bridgehead atoms. The monoisotopic (exact) mass is 266 g/mol. The van der Waals surface area contributed by atoms with Crippen molar-refractivity contribution in [3.63, 3.8) is 0 Å². The average Bonchev–Trinajstić information content (AvgIpc) is 2.46. The molecule has 106 valence electrons. The summed E-state index contributed by atoms with van der Waals surface area (Å²) >= 11 is 0. The molecule has 0 aromatic carbocycles. The minimum Gasteiger partial charge on any atom is -0.350 e. The van der Waals surface area contributed by atoms with Crippen LogP contribution in [-0.4, -0.2) is 29.1 Å². The number of nitrogens with two attached hydrogens (primary N) is 1. The van der Waals surface area contributed by atoms with Crippen LogP contribution in [0.25, 0.3) is 0 Å². The van der Waals surface area contributed by atoms with Crippen LogP contribution in [0.1, 0.15) is 44.7 Å². The molecule has 1 heterocycles.